The van der Waals surface area contributed by atoms with E-state index in [9.17, 15) is 35.1 Å². The molecule has 10 heteroatoms. The minimum atomic E-state index is -5.13. The third-order valence-electron chi connectivity index (χ3n) is 4.84. The molecule has 0 heterocycles. The van der Waals surface area contributed by atoms with Gasteiger partial charge >= 0.3 is 12.5 Å². The molecule has 0 aliphatic carbocycles. The summed E-state index contributed by atoms with van der Waals surface area (Å²) in [4.78, 5) is 0. The smallest absolute Gasteiger partial charge is 0.429 e. The first-order valence-corrected chi connectivity index (χ1v) is 11.7. The minimum Gasteiger partial charge on any atom is -0.429 e. The van der Waals surface area contributed by atoms with Crippen molar-refractivity contribution in [3.63, 3.8) is 0 Å². The van der Waals surface area contributed by atoms with Gasteiger partial charge in [0, 0.05) is 5.57 Å². The Bertz CT molecular complexity index is 1420. The number of hydrogen-bond donors (Lipinski definition) is 0. The number of rotatable bonds is 17. The number of alkyl halides is 5. The van der Waals surface area contributed by atoms with Crippen LogP contribution in [0.1, 0.15) is 6.92 Å². The van der Waals surface area contributed by atoms with Crippen molar-refractivity contribution in [2.24, 2.45) is 0 Å². The summed E-state index contributed by atoms with van der Waals surface area (Å²) in [5, 5.41) is 0. The highest BCUT2D eigenvalue weighted by Gasteiger charge is 2.38. The van der Waals surface area contributed by atoms with Gasteiger partial charge < -0.3 is 9.47 Å². The van der Waals surface area contributed by atoms with E-state index in [1.165, 1.54) is 19.1 Å². The molecule has 0 aromatic carbocycles. The Balaban J connectivity index is 5.32. The summed E-state index contributed by atoms with van der Waals surface area (Å²) in [5.74, 6) is -5.56. The van der Waals surface area contributed by atoms with Crippen LogP contribution in [-0.2, 0) is 9.47 Å². The lowest BCUT2D eigenvalue weighted by Gasteiger charge is -2.19. The van der Waals surface area contributed by atoms with E-state index in [-0.39, 0.29) is 39.0 Å². The standard InChI is InChI=1S/C33H30F8O2/c1-19(2)16-30(35)27(10)32(37,38)42-25(8)15-14-21(4)23(6)17-29(34)26(9)22(5)13-12-20(3)24(7)18-31(36)28(11)43-33(39,40)41/h12-18H,1,3-11H2,2H3/b13-12-,15-14-,29-17+,30-16+,31-18+. The molecular formula is C33H30F8O2. The molecule has 0 aromatic heterocycles. The zero-order chi connectivity index (χ0) is 33.9. The molecule has 0 aliphatic rings. The van der Waals surface area contributed by atoms with Crippen molar-refractivity contribution in [2.75, 3.05) is 0 Å². The first-order chi connectivity index (χ1) is 19.5. The van der Waals surface area contributed by atoms with Gasteiger partial charge in [0.15, 0.2) is 11.6 Å². The van der Waals surface area contributed by atoms with E-state index in [0.717, 1.165) is 24.3 Å². The van der Waals surface area contributed by atoms with Gasteiger partial charge in [-0.3, -0.25) is 0 Å². The Hall–Kier alpha value is -4.86. The van der Waals surface area contributed by atoms with Gasteiger partial charge in [-0.1, -0.05) is 89.6 Å². The molecule has 0 radical (unpaired) electrons. The van der Waals surface area contributed by atoms with Crippen molar-refractivity contribution < 1.29 is 44.6 Å². The highest BCUT2D eigenvalue weighted by Crippen LogP contribution is 2.33. The SMILES string of the molecule is C=C(C)/C=C(/F)C(=C)C(F)(F)OC(=C)/C=C\C(=C)C(=C)/C=C(/F)C(=C)C(=C)/C=C\C(=C)C(=C)/C=C(/F)C(=C)OC(F)(F)F. The Labute approximate surface area is 246 Å². The zero-order valence-electron chi connectivity index (χ0n) is 23.5. The maximum atomic E-state index is 14.7. The second-order valence-electron chi connectivity index (χ2n) is 8.63. The average Bonchev–Trinajstić information content (AvgIpc) is 2.87. The van der Waals surface area contributed by atoms with Crippen molar-refractivity contribution in [3.05, 3.63) is 182 Å². The third-order valence-corrected chi connectivity index (χ3v) is 4.84. The topological polar surface area (TPSA) is 18.5 Å². The van der Waals surface area contributed by atoms with Crippen molar-refractivity contribution in [1.82, 2.24) is 0 Å². The van der Waals surface area contributed by atoms with Gasteiger partial charge in [-0.15, -0.1) is 13.2 Å². The first kappa shape index (κ1) is 38.1. The molecule has 0 aliphatic heterocycles. The lowest BCUT2D eigenvalue weighted by Crippen LogP contribution is -2.23. The number of allylic oxidation sites excluding steroid dienone is 16. The van der Waals surface area contributed by atoms with E-state index in [1.807, 2.05) is 0 Å². The van der Waals surface area contributed by atoms with Gasteiger partial charge in [0.05, 0.1) is 5.57 Å². The van der Waals surface area contributed by atoms with Crippen LogP contribution < -0.4 is 0 Å². The molecule has 0 N–H and O–H groups in total. The molecule has 230 valence electrons. The summed E-state index contributed by atoms with van der Waals surface area (Å²) in [5.41, 5.74) is -1.35. The van der Waals surface area contributed by atoms with E-state index in [4.69, 9.17) is 0 Å². The highest BCUT2D eigenvalue weighted by atomic mass is 19.4. The van der Waals surface area contributed by atoms with Crippen LogP contribution in [0.25, 0.3) is 0 Å². The normalized spacial score (nSPS) is 13.0. The fourth-order valence-electron chi connectivity index (χ4n) is 2.41. The largest absolute Gasteiger partial charge is 0.573 e. The van der Waals surface area contributed by atoms with Gasteiger partial charge in [-0.2, -0.15) is 8.78 Å². The molecule has 0 rings (SSSR count). The summed E-state index contributed by atoms with van der Waals surface area (Å²) < 4.78 is 115. The molecule has 0 atom stereocenters. The molecule has 0 amide bonds. The maximum absolute atomic E-state index is 14.7. The van der Waals surface area contributed by atoms with Crippen LogP contribution in [0, 0.1) is 0 Å². The molecule has 0 unspecified atom stereocenters. The van der Waals surface area contributed by atoms with Crippen molar-refractivity contribution in [1.29, 1.82) is 0 Å². The van der Waals surface area contributed by atoms with E-state index < -0.39 is 47.0 Å². The van der Waals surface area contributed by atoms with E-state index in [2.05, 4.69) is 75.3 Å². The zero-order valence-corrected chi connectivity index (χ0v) is 23.5. The highest BCUT2D eigenvalue weighted by molar-refractivity contribution is 5.54. The van der Waals surface area contributed by atoms with Crippen LogP contribution in [-0.4, -0.2) is 12.5 Å². The molecule has 43 heavy (non-hydrogen) atoms. The number of hydrogen-bond acceptors (Lipinski definition) is 2. The molecule has 0 saturated carbocycles. The second kappa shape index (κ2) is 16.0. The van der Waals surface area contributed by atoms with E-state index in [1.54, 1.807) is 0 Å². The van der Waals surface area contributed by atoms with Crippen LogP contribution in [0.4, 0.5) is 35.1 Å². The summed E-state index contributed by atoms with van der Waals surface area (Å²) in [6, 6.07) is 0. The Kier molecular flexibility index (Phi) is 14.2. The molecular weight excluding hydrogens is 580 g/mol. The second-order valence-corrected chi connectivity index (χ2v) is 8.63. The fourth-order valence-corrected chi connectivity index (χ4v) is 2.41. The minimum absolute atomic E-state index is 0.00853. The summed E-state index contributed by atoms with van der Waals surface area (Å²) in [7, 11) is 0. The average molecular weight is 611 g/mol. The van der Waals surface area contributed by atoms with Gasteiger partial charge in [0.25, 0.3) is 0 Å². The molecule has 0 spiro atoms. The summed E-state index contributed by atoms with van der Waals surface area (Å²) >= 11 is 0. The molecule has 0 fully saturated rings. The van der Waals surface area contributed by atoms with Crippen LogP contribution in [0.5, 0.6) is 0 Å². The lowest BCUT2D eigenvalue weighted by atomic mass is 10.0. The van der Waals surface area contributed by atoms with Gasteiger partial charge in [-0.05, 0) is 59.1 Å². The third kappa shape index (κ3) is 14.0. The van der Waals surface area contributed by atoms with Gasteiger partial charge in [0.1, 0.15) is 17.4 Å². The maximum Gasteiger partial charge on any atom is 0.573 e. The quantitative estimate of drug-likeness (QED) is 0.0927. The van der Waals surface area contributed by atoms with E-state index in [0.29, 0.717) is 6.08 Å². The Morgan fingerprint density at radius 3 is 1.44 bits per heavy atom. The summed E-state index contributed by atoms with van der Waals surface area (Å²) in [6.07, 6.45) is -2.41. The molecule has 0 saturated heterocycles. The van der Waals surface area contributed by atoms with Gasteiger partial charge in [0.2, 0.25) is 0 Å². The van der Waals surface area contributed by atoms with Crippen LogP contribution in [0.2, 0.25) is 0 Å². The first-order valence-electron chi connectivity index (χ1n) is 11.7. The Morgan fingerprint density at radius 2 is 0.977 bits per heavy atom. The van der Waals surface area contributed by atoms with Crippen LogP contribution >= 0.6 is 0 Å². The van der Waals surface area contributed by atoms with Crippen molar-refractivity contribution in [3.8, 4) is 0 Å². The summed E-state index contributed by atoms with van der Waals surface area (Å²) in [6.45, 7) is 35.4. The van der Waals surface area contributed by atoms with Gasteiger partial charge in [-0.25, -0.2) is 13.2 Å². The Morgan fingerprint density at radius 1 is 0.535 bits per heavy atom. The monoisotopic (exact) mass is 610 g/mol. The predicted molar refractivity (Wildman–Crippen MR) is 156 cm³/mol. The lowest BCUT2D eigenvalue weighted by molar-refractivity contribution is -0.304. The number of halogens is 8. The predicted octanol–water partition coefficient (Wildman–Crippen LogP) is 11.3. The van der Waals surface area contributed by atoms with Crippen molar-refractivity contribution in [2.45, 2.75) is 19.4 Å². The number of ether oxygens (including phenoxy) is 2. The van der Waals surface area contributed by atoms with E-state index >= 15 is 0 Å². The molecule has 2 nitrogen and oxygen atoms in total. The van der Waals surface area contributed by atoms with Crippen LogP contribution in [0.15, 0.2) is 182 Å². The molecule has 0 aromatic rings. The fraction of sp³-hybridized carbons (Fsp3) is 0.0909. The molecule has 0 bridgehead atoms. The van der Waals surface area contributed by atoms with Crippen LogP contribution in [0.3, 0.4) is 0 Å². The van der Waals surface area contributed by atoms with Crippen molar-refractivity contribution >= 4 is 0 Å².